The van der Waals surface area contributed by atoms with Crippen LogP contribution in [0, 0.1) is 5.92 Å². The third kappa shape index (κ3) is 3.28. The van der Waals surface area contributed by atoms with E-state index in [1.54, 1.807) is 11.3 Å². The summed E-state index contributed by atoms with van der Waals surface area (Å²) in [6, 6.07) is 0. The van der Waals surface area contributed by atoms with Gasteiger partial charge in [-0.15, -0.1) is 23.1 Å². The topological polar surface area (TPSA) is 29.3 Å². The second kappa shape index (κ2) is 6.59. The Labute approximate surface area is 117 Å². The van der Waals surface area contributed by atoms with E-state index in [0.717, 1.165) is 23.8 Å². The third-order valence-corrected chi connectivity index (χ3v) is 4.79. The molecule has 0 aliphatic carbocycles. The number of imidazole rings is 1. The van der Waals surface area contributed by atoms with E-state index in [1.807, 2.05) is 11.8 Å². The van der Waals surface area contributed by atoms with Crippen LogP contribution in [-0.4, -0.2) is 21.7 Å². The largest absolute Gasteiger partial charge is 0.311 e. The van der Waals surface area contributed by atoms with E-state index in [9.17, 15) is 0 Å². The minimum Gasteiger partial charge on any atom is -0.311 e. The van der Waals surface area contributed by atoms with E-state index < -0.39 is 0 Å². The lowest BCUT2D eigenvalue weighted by Gasteiger charge is -2.06. The normalized spacial score (nSPS) is 11.8. The van der Waals surface area contributed by atoms with Crippen LogP contribution in [0.4, 0.5) is 0 Å². The molecule has 0 saturated carbocycles. The van der Waals surface area contributed by atoms with Crippen LogP contribution in [0.5, 0.6) is 0 Å². The molecule has 100 valence electrons. The van der Waals surface area contributed by atoms with Gasteiger partial charge >= 0.3 is 0 Å². The summed E-state index contributed by atoms with van der Waals surface area (Å²) in [6.07, 6.45) is 3.29. The van der Waals surface area contributed by atoms with E-state index in [4.69, 9.17) is 4.98 Å². The maximum Gasteiger partial charge on any atom is 0.194 e. The maximum absolute atomic E-state index is 4.73. The molecule has 0 aromatic carbocycles. The summed E-state index contributed by atoms with van der Waals surface area (Å²) in [7, 11) is 0. The molecule has 0 spiro atoms. The SMILES string of the molecule is CCCNCc1c(SCC(C)C)nc2sccn12. The van der Waals surface area contributed by atoms with E-state index in [1.165, 1.54) is 17.1 Å². The van der Waals surface area contributed by atoms with Crippen molar-refractivity contribution in [3.05, 3.63) is 17.3 Å². The van der Waals surface area contributed by atoms with E-state index in [2.05, 4.69) is 42.1 Å². The van der Waals surface area contributed by atoms with Crippen LogP contribution in [0.1, 0.15) is 32.9 Å². The van der Waals surface area contributed by atoms with Gasteiger partial charge in [-0.25, -0.2) is 4.98 Å². The van der Waals surface area contributed by atoms with Gasteiger partial charge in [0.05, 0.1) is 5.69 Å². The highest BCUT2D eigenvalue weighted by molar-refractivity contribution is 7.99. The van der Waals surface area contributed by atoms with Gasteiger partial charge in [-0.05, 0) is 18.9 Å². The Morgan fingerprint density at radius 1 is 1.50 bits per heavy atom. The highest BCUT2D eigenvalue weighted by atomic mass is 32.2. The maximum atomic E-state index is 4.73. The van der Waals surface area contributed by atoms with Crippen LogP contribution in [-0.2, 0) is 6.54 Å². The molecule has 0 amide bonds. The molecule has 0 fully saturated rings. The lowest BCUT2D eigenvalue weighted by molar-refractivity contribution is 0.652. The van der Waals surface area contributed by atoms with Crippen molar-refractivity contribution in [2.45, 2.75) is 38.8 Å². The van der Waals surface area contributed by atoms with Gasteiger partial charge in [0, 0.05) is 23.9 Å². The molecule has 5 heteroatoms. The van der Waals surface area contributed by atoms with Gasteiger partial charge in [-0.3, -0.25) is 4.40 Å². The summed E-state index contributed by atoms with van der Waals surface area (Å²) < 4.78 is 2.22. The van der Waals surface area contributed by atoms with Crippen LogP contribution in [0.15, 0.2) is 16.6 Å². The molecule has 0 radical (unpaired) electrons. The van der Waals surface area contributed by atoms with Crippen LogP contribution in [0.2, 0.25) is 0 Å². The van der Waals surface area contributed by atoms with Crippen LogP contribution in [0.25, 0.3) is 4.96 Å². The standard InChI is InChI=1S/C13H21N3S2/c1-4-5-14-8-11-12(18-9-10(2)3)15-13-16(11)6-7-17-13/h6-7,10,14H,4-5,8-9H2,1-3H3. The Hall–Kier alpha value is -0.520. The quantitative estimate of drug-likeness (QED) is 0.621. The first-order valence-corrected chi connectivity index (χ1v) is 8.36. The summed E-state index contributed by atoms with van der Waals surface area (Å²) in [5, 5.41) is 6.77. The van der Waals surface area contributed by atoms with E-state index in [-0.39, 0.29) is 0 Å². The molecule has 2 heterocycles. The fourth-order valence-corrected chi connectivity index (χ4v) is 3.49. The number of nitrogens with one attached hydrogen (secondary N) is 1. The van der Waals surface area contributed by atoms with Crippen LogP contribution < -0.4 is 5.32 Å². The predicted octanol–water partition coefficient (Wildman–Crippen LogP) is 3.64. The molecule has 1 N–H and O–H groups in total. The number of fused-ring (bicyclic) bond motifs is 1. The lowest BCUT2D eigenvalue weighted by atomic mass is 10.3. The highest BCUT2D eigenvalue weighted by Gasteiger charge is 2.13. The molecule has 0 saturated heterocycles. The molecule has 18 heavy (non-hydrogen) atoms. The minimum atomic E-state index is 0.700. The van der Waals surface area contributed by atoms with Crippen LogP contribution in [0.3, 0.4) is 0 Å². The molecule has 2 aromatic rings. The Kier molecular flexibility index (Phi) is 5.09. The molecule has 0 atom stereocenters. The first kappa shape index (κ1) is 13.9. The van der Waals surface area contributed by atoms with E-state index >= 15 is 0 Å². The van der Waals surface area contributed by atoms with Gasteiger partial charge in [0.15, 0.2) is 4.96 Å². The molecular weight excluding hydrogens is 262 g/mol. The molecule has 2 aromatic heterocycles. The zero-order chi connectivity index (χ0) is 13.0. The average Bonchev–Trinajstić information content (AvgIpc) is 2.88. The number of nitrogens with zero attached hydrogens (tertiary/aromatic N) is 2. The molecule has 0 aliphatic heterocycles. The van der Waals surface area contributed by atoms with Crippen molar-refractivity contribution in [3.63, 3.8) is 0 Å². The van der Waals surface area contributed by atoms with Crippen molar-refractivity contribution in [3.8, 4) is 0 Å². The fourth-order valence-electron chi connectivity index (χ4n) is 1.72. The van der Waals surface area contributed by atoms with Crippen molar-refractivity contribution >= 4 is 28.1 Å². The summed E-state index contributed by atoms with van der Waals surface area (Å²) in [4.78, 5) is 5.83. The second-order valence-electron chi connectivity index (χ2n) is 4.80. The van der Waals surface area contributed by atoms with Gasteiger partial charge in [0.1, 0.15) is 5.03 Å². The van der Waals surface area contributed by atoms with Crippen molar-refractivity contribution in [1.29, 1.82) is 0 Å². The number of thioether (sulfide) groups is 1. The first-order valence-electron chi connectivity index (χ1n) is 6.50. The number of aromatic nitrogens is 2. The van der Waals surface area contributed by atoms with Crippen LogP contribution >= 0.6 is 23.1 Å². The van der Waals surface area contributed by atoms with Crippen molar-refractivity contribution in [2.24, 2.45) is 5.92 Å². The van der Waals surface area contributed by atoms with Gasteiger partial charge in [-0.1, -0.05) is 20.8 Å². The second-order valence-corrected chi connectivity index (χ2v) is 6.68. The Morgan fingerprint density at radius 2 is 2.33 bits per heavy atom. The summed E-state index contributed by atoms with van der Waals surface area (Å²) in [5.41, 5.74) is 1.31. The number of hydrogen-bond donors (Lipinski definition) is 1. The lowest BCUT2D eigenvalue weighted by Crippen LogP contribution is -2.15. The molecular formula is C13H21N3S2. The fraction of sp³-hybridized carbons (Fsp3) is 0.615. The molecule has 0 aliphatic rings. The first-order chi connectivity index (χ1) is 8.72. The molecule has 0 unspecified atom stereocenters. The molecule has 0 bridgehead atoms. The Morgan fingerprint density at radius 3 is 3.06 bits per heavy atom. The highest BCUT2D eigenvalue weighted by Crippen LogP contribution is 2.27. The van der Waals surface area contributed by atoms with Crippen molar-refractivity contribution < 1.29 is 0 Å². The number of thiazole rings is 1. The predicted molar refractivity (Wildman–Crippen MR) is 80.6 cm³/mol. The Bertz CT molecular complexity index is 487. The summed E-state index contributed by atoms with van der Waals surface area (Å²) in [5.74, 6) is 1.83. The van der Waals surface area contributed by atoms with Crippen molar-refractivity contribution in [2.75, 3.05) is 12.3 Å². The van der Waals surface area contributed by atoms with Gasteiger partial charge < -0.3 is 5.32 Å². The monoisotopic (exact) mass is 283 g/mol. The van der Waals surface area contributed by atoms with Gasteiger partial charge in [0.2, 0.25) is 0 Å². The van der Waals surface area contributed by atoms with Crippen molar-refractivity contribution in [1.82, 2.24) is 14.7 Å². The smallest absolute Gasteiger partial charge is 0.194 e. The number of rotatable bonds is 7. The number of hydrogen-bond acceptors (Lipinski definition) is 4. The van der Waals surface area contributed by atoms with Gasteiger partial charge in [0.25, 0.3) is 0 Å². The molecule has 2 rings (SSSR count). The third-order valence-electron chi connectivity index (χ3n) is 2.60. The Balaban J connectivity index is 2.15. The van der Waals surface area contributed by atoms with Gasteiger partial charge in [-0.2, -0.15) is 0 Å². The zero-order valence-electron chi connectivity index (χ0n) is 11.3. The average molecular weight is 283 g/mol. The zero-order valence-corrected chi connectivity index (χ0v) is 12.9. The van der Waals surface area contributed by atoms with E-state index in [0.29, 0.717) is 5.92 Å². The summed E-state index contributed by atoms with van der Waals surface area (Å²) >= 11 is 3.58. The molecule has 3 nitrogen and oxygen atoms in total. The summed E-state index contributed by atoms with van der Waals surface area (Å²) in [6.45, 7) is 8.66. The minimum absolute atomic E-state index is 0.700.